The highest BCUT2D eigenvalue weighted by Gasteiger charge is 2.16. The van der Waals surface area contributed by atoms with Gasteiger partial charge >= 0.3 is 0 Å². The lowest BCUT2D eigenvalue weighted by molar-refractivity contribution is 0.627. The molecule has 0 aliphatic heterocycles. The minimum Gasteiger partial charge on any atom is -0.309 e. The van der Waals surface area contributed by atoms with Gasteiger partial charge in [-0.2, -0.15) is 0 Å². The van der Waals surface area contributed by atoms with Gasteiger partial charge < -0.3 is 4.98 Å². The largest absolute Gasteiger partial charge is 0.309 e. The molecule has 3 rings (SSSR count). The highest BCUT2D eigenvalue weighted by molar-refractivity contribution is 7.99. The molecule has 2 heterocycles. The highest BCUT2D eigenvalue weighted by Crippen LogP contribution is 2.35. The van der Waals surface area contributed by atoms with Crippen molar-refractivity contribution in [3.05, 3.63) is 55.7 Å². The van der Waals surface area contributed by atoms with Crippen molar-refractivity contribution in [2.45, 2.75) is 30.9 Å². The van der Waals surface area contributed by atoms with Crippen LogP contribution in [0.3, 0.4) is 0 Å². The molecular weight excluding hydrogens is 355 g/mol. The number of aryl methyl sites for hydroxylation is 2. The third kappa shape index (κ3) is 3.16. The third-order valence-electron chi connectivity index (χ3n) is 3.65. The Morgan fingerprint density at radius 2 is 2.13 bits per heavy atom. The monoisotopic (exact) mass is 368 g/mol. The maximum Gasteiger partial charge on any atom is 0.259 e. The molecule has 0 saturated carbocycles. The van der Waals surface area contributed by atoms with E-state index in [0.29, 0.717) is 11.2 Å². The fourth-order valence-electron chi connectivity index (χ4n) is 2.27. The van der Waals surface area contributed by atoms with Crippen LogP contribution in [0.25, 0.3) is 10.2 Å². The molecule has 0 saturated heterocycles. The first-order valence-corrected chi connectivity index (χ1v) is 9.06. The zero-order valence-electron chi connectivity index (χ0n) is 12.7. The van der Waals surface area contributed by atoms with E-state index in [-0.39, 0.29) is 15.8 Å². The molecule has 2 aromatic heterocycles. The lowest BCUT2D eigenvalue weighted by Crippen LogP contribution is -2.12. The number of hydrogen-bond donors (Lipinski definition) is 1. The lowest BCUT2D eigenvalue weighted by Gasteiger charge is -2.11. The number of benzene rings is 1. The normalized spacial score (nSPS) is 12.7. The molecule has 1 atom stereocenters. The van der Waals surface area contributed by atoms with Crippen molar-refractivity contribution >= 4 is 44.9 Å². The summed E-state index contributed by atoms with van der Waals surface area (Å²) in [4.78, 5) is 22.4. The second-order valence-corrected chi connectivity index (χ2v) is 8.28. The van der Waals surface area contributed by atoms with E-state index in [1.165, 1.54) is 29.2 Å². The zero-order chi connectivity index (χ0) is 16.7. The number of aromatic amines is 1. The number of nitrogens with zero attached hydrogens (tertiary/aromatic N) is 1. The predicted molar refractivity (Wildman–Crippen MR) is 95.4 cm³/mol. The van der Waals surface area contributed by atoms with E-state index in [4.69, 9.17) is 11.6 Å². The van der Waals surface area contributed by atoms with Crippen LogP contribution in [-0.4, -0.2) is 9.97 Å². The minimum atomic E-state index is -0.443. The average molecular weight is 369 g/mol. The molecule has 3 nitrogen and oxygen atoms in total. The first kappa shape index (κ1) is 16.5. The second kappa shape index (κ2) is 6.26. The van der Waals surface area contributed by atoms with Crippen molar-refractivity contribution in [3.63, 3.8) is 0 Å². The molecule has 0 fully saturated rings. The van der Waals surface area contributed by atoms with E-state index in [0.717, 1.165) is 20.2 Å². The van der Waals surface area contributed by atoms with Gasteiger partial charge in [0.15, 0.2) is 0 Å². The van der Waals surface area contributed by atoms with E-state index in [1.54, 1.807) is 12.1 Å². The Kier molecular flexibility index (Phi) is 4.49. The molecule has 0 radical (unpaired) electrons. The predicted octanol–water partition coefficient (Wildman–Crippen LogP) is 5.25. The summed E-state index contributed by atoms with van der Waals surface area (Å²) >= 11 is 8.80. The first-order chi connectivity index (χ1) is 10.9. The van der Waals surface area contributed by atoms with E-state index in [9.17, 15) is 9.18 Å². The zero-order valence-corrected chi connectivity index (χ0v) is 15.1. The van der Waals surface area contributed by atoms with Crippen LogP contribution >= 0.6 is 34.7 Å². The topological polar surface area (TPSA) is 45.8 Å². The molecule has 0 aliphatic carbocycles. The number of rotatable bonds is 3. The molecular formula is C16H14ClFN2OS2. The van der Waals surface area contributed by atoms with Crippen molar-refractivity contribution < 1.29 is 4.39 Å². The van der Waals surface area contributed by atoms with Gasteiger partial charge in [0, 0.05) is 9.77 Å². The fraction of sp³-hybridized carbons (Fsp3) is 0.250. The van der Waals surface area contributed by atoms with Crippen molar-refractivity contribution in [2.75, 3.05) is 0 Å². The van der Waals surface area contributed by atoms with Crippen LogP contribution < -0.4 is 5.56 Å². The number of aromatic nitrogens is 2. The Labute approximate surface area is 145 Å². The Morgan fingerprint density at radius 1 is 1.39 bits per heavy atom. The third-order valence-corrected chi connectivity index (χ3v) is 6.14. The van der Waals surface area contributed by atoms with Gasteiger partial charge in [0.05, 0.1) is 15.7 Å². The number of H-pyrrole nitrogens is 1. The van der Waals surface area contributed by atoms with E-state index >= 15 is 0 Å². The fourth-order valence-corrected chi connectivity index (χ4v) is 4.52. The van der Waals surface area contributed by atoms with Gasteiger partial charge in [-0.25, -0.2) is 9.37 Å². The maximum absolute atomic E-state index is 13.2. The maximum atomic E-state index is 13.2. The summed E-state index contributed by atoms with van der Waals surface area (Å²) in [6.07, 6.45) is 0. The van der Waals surface area contributed by atoms with Gasteiger partial charge in [-0.15, -0.1) is 23.1 Å². The van der Waals surface area contributed by atoms with Crippen LogP contribution in [0.4, 0.5) is 4.39 Å². The summed E-state index contributed by atoms with van der Waals surface area (Å²) in [5, 5.41) is 0.665. The molecule has 1 N–H and O–H groups in total. The van der Waals surface area contributed by atoms with Crippen LogP contribution in [0.1, 0.15) is 28.4 Å². The molecule has 0 aliphatic rings. The van der Waals surface area contributed by atoms with Crippen molar-refractivity contribution in [1.82, 2.24) is 9.97 Å². The van der Waals surface area contributed by atoms with Crippen LogP contribution in [0.2, 0.25) is 5.02 Å². The Morgan fingerprint density at radius 3 is 2.83 bits per heavy atom. The summed E-state index contributed by atoms with van der Waals surface area (Å²) in [7, 11) is 0. The van der Waals surface area contributed by atoms with Crippen molar-refractivity contribution in [3.8, 4) is 0 Å². The summed E-state index contributed by atoms with van der Waals surface area (Å²) in [6, 6.07) is 4.58. The quantitative estimate of drug-likeness (QED) is 0.642. The summed E-state index contributed by atoms with van der Waals surface area (Å²) in [6.45, 7) is 5.86. The molecule has 7 heteroatoms. The minimum absolute atomic E-state index is 0.0867. The van der Waals surface area contributed by atoms with Crippen LogP contribution in [-0.2, 0) is 0 Å². The molecule has 120 valence electrons. The number of hydrogen-bond acceptors (Lipinski definition) is 4. The highest BCUT2D eigenvalue weighted by atomic mass is 35.5. The van der Waals surface area contributed by atoms with Crippen LogP contribution in [0.15, 0.2) is 27.9 Å². The number of thiophene rings is 1. The number of fused-ring (bicyclic) bond motifs is 1. The molecule has 0 bridgehead atoms. The summed E-state index contributed by atoms with van der Waals surface area (Å²) < 4.78 is 13.2. The first-order valence-electron chi connectivity index (χ1n) is 6.98. The van der Waals surface area contributed by atoms with E-state index in [2.05, 4.69) is 9.97 Å². The van der Waals surface area contributed by atoms with Crippen molar-refractivity contribution in [2.24, 2.45) is 0 Å². The van der Waals surface area contributed by atoms with Crippen LogP contribution in [0.5, 0.6) is 0 Å². The summed E-state index contributed by atoms with van der Waals surface area (Å²) in [5.41, 5.74) is 0.868. The Balaban J connectivity index is 1.96. The Bertz CT molecular complexity index is 951. The molecule has 23 heavy (non-hydrogen) atoms. The van der Waals surface area contributed by atoms with Gasteiger partial charge in [-0.1, -0.05) is 11.6 Å². The molecule has 1 aromatic carbocycles. The second-order valence-electron chi connectivity index (χ2n) is 5.25. The summed E-state index contributed by atoms with van der Waals surface area (Å²) in [5.74, 6) is 0.162. The van der Waals surface area contributed by atoms with E-state index < -0.39 is 5.82 Å². The number of nitrogens with one attached hydrogen (secondary N) is 1. The smallest absolute Gasteiger partial charge is 0.259 e. The van der Waals surface area contributed by atoms with Gasteiger partial charge in [-0.05, 0) is 44.5 Å². The average Bonchev–Trinajstić information content (AvgIpc) is 2.78. The van der Waals surface area contributed by atoms with Gasteiger partial charge in [0.2, 0.25) is 0 Å². The lowest BCUT2D eigenvalue weighted by atomic mass is 10.2. The number of thioether (sulfide) groups is 1. The van der Waals surface area contributed by atoms with Gasteiger partial charge in [0.25, 0.3) is 5.56 Å². The molecule has 0 spiro atoms. The van der Waals surface area contributed by atoms with Crippen LogP contribution in [0, 0.1) is 19.7 Å². The standard InChI is InChI=1S/C16H14ClFN2OS2/c1-7-8(2)23-16-13(7)15(21)19-14(20-16)9(3)22-10-4-5-12(18)11(17)6-10/h4-6,9H,1-3H3,(H,19,20,21)/t9-/m1/s1. The van der Waals surface area contributed by atoms with Crippen molar-refractivity contribution in [1.29, 1.82) is 0 Å². The molecule has 0 unspecified atom stereocenters. The SMILES string of the molecule is Cc1sc2nc([C@@H](C)Sc3ccc(F)c(Cl)c3)[nH]c(=O)c2c1C. The number of halogens is 2. The van der Waals surface area contributed by atoms with E-state index in [1.807, 2.05) is 20.8 Å². The molecule has 0 amide bonds. The van der Waals surface area contributed by atoms with Gasteiger partial charge in [0.1, 0.15) is 16.5 Å². The molecule has 3 aromatic rings. The van der Waals surface area contributed by atoms with Gasteiger partial charge in [-0.3, -0.25) is 4.79 Å². The Hall–Kier alpha value is -1.37.